The predicted octanol–water partition coefficient (Wildman–Crippen LogP) is 2.94. The molecule has 0 fully saturated rings. The minimum atomic E-state index is -0.522. The lowest BCUT2D eigenvalue weighted by atomic mass is 10.2. The van der Waals surface area contributed by atoms with Crippen molar-refractivity contribution >= 4 is 17.2 Å². The van der Waals surface area contributed by atoms with E-state index in [1.54, 1.807) is 0 Å². The molecule has 6 heteroatoms. The van der Waals surface area contributed by atoms with Gasteiger partial charge in [0, 0.05) is 18.3 Å². The van der Waals surface area contributed by atoms with E-state index in [1.165, 1.54) is 12.3 Å². The van der Waals surface area contributed by atoms with Crippen LogP contribution in [-0.2, 0) is 0 Å². The Morgan fingerprint density at radius 1 is 1.38 bits per heavy atom. The first-order valence-electron chi connectivity index (χ1n) is 6.69. The largest absolute Gasteiger partial charge is 0.364 e. The van der Waals surface area contributed by atoms with Gasteiger partial charge in [-0.25, -0.2) is 0 Å². The number of nitrogens with zero attached hydrogens (tertiary/aromatic N) is 2. The van der Waals surface area contributed by atoms with Crippen LogP contribution in [0.2, 0.25) is 0 Å². The zero-order valence-corrected chi connectivity index (χ0v) is 12.0. The van der Waals surface area contributed by atoms with Crippen LogP contribution in [0, 0.1) is 17.0 Å². The first kappa shape index (κ1) is 14.8. The summed E-state index contributed by atoms with van der Waals surface area (Å²) in [5.74, 6) is -0.175. The Bertz CT molecular complexity index is 664. The molecular formula is C15H17N3O3. The summed E-state index contributed by atoms with van der Waals surface area (Å²) in [6, 6.07) is 9.16. The lowest BCUT2D eigenvalue weighted by molar-refractivity contribution is -0.384. The number of benzene rings is 1. The minimum absolute atomic E-state index is 0.100. The fourth-order valence-corrected chi connectivity index (χ4v) is 2.12. The normalized spacial score (nSPS) is 10.4. The van der Waals surface area contributed by atoms with Crippen molar-refractivity contribution in [3.05, 3.63) is 57.9 Å². The summed E-state index contributed by atoms with van der Waals surface area (Å²) in [7, 11) is 0. The van der Waals surface area contributed by atoms with E-state index in [4.69, 9.17) is 0 Å². The van der Waals surface area contributed by atoms with Crippen LogP contribution in [-0.4, -0.2) is 28.8 Å². The van der Waals surface area contributed by atoms with Crippen LogP contribution >= 0.6 is 0 Å². The Kier molecular flexibility index (Phi) is 4.37. The number of aromatic amines is 1. The number of aromatic nitrogens is 1. The lowest BCUT2D eigenvalue weighted by Crippen LogP contribution is -2.29. The van der Waals surface area contributed by atoms with Gasteiger partial charge in [0.05, 0.1) is 23.4 Å². The van der Waals surface area contributed by atoms with E-state index < -0.39 is 4.92 Å². The minimum Gasteiger partial charge on any atom is -0.364 e. The number of likely N-dealkylation sites (N-methyl/N-ethyl adjacent to an activating group) is 1. The summed E-state index contributed by atoms with van der Waals surface area (Å²) in [4.78, 5) is 26.9. The molecule has 2 aromatic rings. The number of ketones is 1. The molecule has 6 nitrogen and oxygen atoms in total. The number of hydrogen-bond donors (Lipinski definition) is 1. The van der Waals surface area contributed by atoms with Gasteiger partial charge in [0.15, 0.2) is 5.78 Å². The highest BCUT2D eigenvalue weighted by Gasteiger charge is 2.17. The third-order valence-corrected chi connectivity index (χ3v) is 3.26. The van der Waals surface area contributed by atoms with E-state index in [1.807, 2.05) is 43.0 Å². The lowest BCUT2D eigenvalue weighted by Gasteiger charge is -2.22. The van der Waals surface area contributed by atoms with Crippen LogP contribution in [0.3, 0.4) is 0 Å². The molecule has 110 valence electrons. The van der Waals surface area contributed by atoms with E-state index in [2.05, 4.69) is 4.98 Å². The molecule has 0 bridgehead atoms. The van der Waals surface area contributed by atoms with Gasteiger partial charge in [-0.1, -0.05) is 12.1 Å². The first-order chi connectivity index (χ1) is 10.0. The second-order valence-electron chi connectivity index (χ2n) is 4.81. The fourth-order valence-electron chi connectivity index (χ4n) is 2.12. The van der Waals surface area contributed by atoms with E-state index in [0.29, 0.717) is 6.54 Å². The Morgan fingerprint density at radius 3 is 2.71 bits per heavy atom. The Balaban J connectivity index is 2.14. The third-order valence-electron chi connectivity index (χ3n) is 3.26. The molecule has 0 saturated carbocycles. The average molecular weight is 287 g/mol. The molecule has 0 aliphatic heterocycles. The quantitative estimate of drug-likeness (QED) is 0.503. The zero-order valence-electron chi connectivity index (χ0n) is 12.0. The molecule has 0 aliphatic rings. The van der Waals surface area contributed by atoms with Gasteiger partial charge in [0.2, 0.25) is 0 Å². The Labute approximate surface area is 122 Å². The van der Waals surface area contributed by atoms with Gasteiger partial charge >= 0.3 is 0 Å². The summed E-state index contributed by atoms with van der Waals surface area (Å²) < 4.78 is 0. The van der Waals surface area contributed by atoms with Crippen LogP contribution in [0.25, 0.3) is 0 Å². The molecule has 1 heterocycles. The molecule has 0 radical (unpaired) electrons. The number of Topliss-reactive ketones (excluding diaryl/α,β-unsaturated/α-hetero) is 1. The van der Waals surface area contributed by atoms with Crippen LogP contribution < -0.4 is 4.90 Å². The predicted molar refractivity (Wildman–Crippen MR) is 80.8 cm³/mol. The van der Waals surface area contributed by atoms with Crippen molar-refractivity contribution in [1.82, 2.24) is 4.98 Å². The van der Waals surface area contributed by atoms with E-state index in [-0.39, 0.29) is 23.7 Å². The third kappa shape index (κ3) is 3.47. The maximum absolute atomic E-state index is 12.2. The summed E-state index contributed by atoms with van der Waals surface area (Å²) in [5.41, 5.74) is 2.24. The van der Waals surface area contributed by atoms with Crippen molar-refractivity contribution < 1.29 is 9.72 Å². The molecule has 0 unspecified atom stereocenters. The summed E-state index contributed by atoms with van der Waals surface area (Å²) in [6.07, 6.45) is 1.23. The number of nitro groups is 1. The van der Waals surface area contributed by atoms with Crippen molar-refractivity contribution in [3.63, 3.8) is 0 Å². The first-order valence-corrected chi connectivity index (χ1v) is 6.69. The molecule has 1 N–H and O–H groups in total. The summed E-state index contributed by atoms with van der Waals surface area (Å²) in [6.45, 7) is 4.82. The van der Waals surface area contributed by atoms with Gasteiger partial charge in [-0.2, -0.15) is 0 Å². The Morgan fingerprint density at radius 2 is 2.14 bits per heavy atom. The van der Waals surface area contributed by atoms with Crippen LogP contribution in [0.1, 0.15) is 23.0 Å². The topological polar surface area (TPSA) is 79.2 Å². The molecule has 0 atom stereocenters. The maximum Gasteiger partial charge on any atom is 0.287 e. The van der Waals surface area contributed by atoms with Gasteiger partial charge in [-0.3, -0.25) is 14.9 Å². The number of rotatable bonds is 6. The summed E-state index contributed by atoms with van der Waals surface area (Å²) >= 11 is 0. The molecule has 21 heavy (non-hydrogen) atoms. The number of hydrogen-bond acceptors (Lipinski definition) is 4. The highest BCUT2D eigenvalue weighted by atomic mass is 16.6. The second kappa shape index (κ2) is 6.21. The number of carbonyl (C=O) groups is 1. The molecule has 0 spiro atoms. The van der Waals surface area contributed by atoms with Crippen molar-refractivity contribution in [2.75, 3.05) is 18.0 Å². The standard InChI is InChI=1S/C15H17N3O3/c1-3-17(12-6-4-5-11(2)7-12)10-15(19)14-8-13(9-16-14)18(20)21/h4-9,16H,3,10H2,1-2H3. The monoisotopic (exact) mass is 287 g/mol. The number of anilines is 1. The average Bonchev–Trinajstić information content (AvgIpc) is 2.94. The molecule has 0 saturated heterocycles. The number of aryl methyl sites for hydroxylation is 1. The molecule has 1 aromatic heterocycles. The van der Waals surface area contributed by atoms with Crippen LogP contribution in [0.5, 0.6) is 0 Å². The maximum atomic E-state index is 12.2. The zero-order chi connectivity index (χ0) is 15.4. The van der Waals surface area contributed by atoms with Crippen molar-refractivity contribution in [3.8, 4) is 0 Å². The van der Waals surface area contributed by atoms with Gasteiger partial charge in [-0.15, -0.1) is 0 Å². The summed E-state index contributed by atoms with van der Waals surface area (Å²) in [5, 5.41) is 10.6. The van der Waals surface area contributed by atoms with Gasteiger partial charge in [-0.05, 0) is 31.5 Å². The fraction of sp³-hybridized carbons (Fsp3) is 0.267. The second-order valence-corrected chi connectivity index (χ2v) is 4.81. The van der Waals surface area contributed by atoms with E-state index >= 15 is 0 Å². The van der Waals surface area contributed by atoms with Crippen LogP contribution in [0.15, 0.2) is 36.5 Å². The van der Waals surface area contributed by atoms with Gasteiger partial charge < -0.3 is 9.88 Å². The van der Waals surface area contributed by atoms with Gasteiger partial charge in [0.25, 0.3) is 5.69 Å². The van der Waals surface area contributed by atoms with Crippen molar-refractivity contribution in [1.29, 1.82) is 0 Å². The van der Waals surface area contributed by atoms with Crippen molar-refractivity contribution in [2.45, 2.75) is 13.8 Å². The molecule has 1 aromatic carbocycles. The highest BCUT2D eigenvalue weighted by molar-refractivity contribution is 5.98. The van der Waals surface area contributed by atoms with Gasteiger partial charge in [0.1, 0.15) is 0 Å². The molecule has 0 amide bonds. The number of carbonyl (C=O) groups excluding carboxylic acids is 1. The van der Waals surface area contributed by atoms with E-state index in [0.717, 1.165) is 11.3 Å². The highest BCUT2D eigenvalue weighted by Crippen LogP contribution is 2.17. The van der Waals surface area contributed by atoms with Crippen LogP contribution in [0.4, 0.5) is 11.4 Å². The Hall–Kier alpha value is -2.63. The molecule has 2 rings (SSSR count). The molecule has 0 aliphatic carbocycles. The smallest absolute Gasteiger partial charge is 0.287 e. The molecular weight excluding hydrogens is 270 g/mol. The SMILES string of the molecule is CCN(CC(=O)c1cc([N+](=O)[O-])c[nH]1)c1cccc(C)c1. The van der Waals surface area contributed by atoms with Crippen molar-refractivity contribution in [2.24, 2.45) is 0 Å². The number of H-pyrrole nitrogens is 1. The number of nitrogens with one attached hydrogen (secondary N) is 1. The van der Waals surface area contributed by atoms with E-state index in [9.17, 15) is 14.9 Å².